The number of benzene rings is 2. The van der Waals surface area contributed by atoms with Crippen LogP contribution < -0.4 is 0 Å². The van der Waals surface area contributed by atoms with Crippen LogP contribution in [0.3, 0.4) is 0 Å². The number of carbonyl (C=O) groups excluding carboxylic acids is 1. The Morgan fingerprint density at radius 2 is 1.88 bits per heavy atom. The number of aromatic nitrogens is 2. The molecule has 3 rings (SSSR count). The quantitative estimate of drug-likeness (QED) is 0.620. The number of nitrogens with zero attached hydrogens (tertiary/aromatic N) is 2. The number of aliphatic hydroxyl groups is 1. The number of hydrogen-bond acceptors (Lipinski definition) is 3. The van der Waals surface area contributed by atoms with Crippen LogP contribution in [0, 0.1) is 5.92 Å². The van der Waals surface area contributed by atoms with Gasteiger partial charge in [-0.3, -0.25) is 4.79 Å². The van der Waals surface area contributed by atoms with Crippen LogP contribution in [-0.2, 0) is 11.2 Å². The fourth-order valence-corrected chi connectivity index (χ4v) is 3.38. The maximum atomic E-state index is 12.6. The van der Waals surface area contributed by atoms with Crippen LogP contribution in [0.4, 0.5) is 0 Å². The summed E-state index contributed by atoms with van der Waals surface area (Å²) in [7, 11) is 0. The van der Waals surface area contributed by atoms with Gasteiger partial charge in [-0.25, -0.2) is 4.68 Å². The van der Waals surface area contributed by atoms with E-state index in [0.717, 1.165) is 21.3 Å². The fraction of sp³-hybridized carbons (Fsp3) is 0.238. The van der Waals surface area contributed by atoms with Crippen molar-refractivity contribution < 1.29 is 9.90 Å². The van der Waals surface area contributed by atoms with E-state index in [1.165, 1.54) is 0 Å². The molecule has 4 nitrogen and oxygen atoms in total. The molecule has 1 N–H and O–H groups in total. The second-order valence-electron chi connectivity index (χ2n) is 6.21. The molecule has 0 aliphatic rings. The Bertz CT molecular complexity index is 860. The lowest BCUT2D eigenvalue weighted by molar-refractivity contribution is -0.126. The predicted octanol–water partition coefficient (Wildman–Crippen LogP) is 4.51. The van der Waals surface area contributed by atoms with Crippen molar-refractivity contribution in [3.05, 3.63) is 82.6 Å². The van der Waals surface area contributed by atoms with E-state index in [-0.39, 0.29) is 5.78 Å². The van der Waals surface area contributed by atoms with Gasteiger partial charge in [-0.05, 0) is 41.8 Å². The Balaban J connectivity index is 1.93. The number of carbonyl (C=O) groups is 1. The van der Waals surface area contributed by atoms with Gasteiger partial charge in [-0.1, -0.05) is 53.2 Å². The largest absolute Gasteiger partial charge is 0.388 e. The van der Waals surface area contributed by atoms with Crippen molar-refractivity contribution in [3.63, 3.8) is 0 Å². The average molecular weight is 413 g/mol. The summed E-state index contributed by atoms with van der Waals surface area (Å²) in [5.74, 6) is -0.450. The summed E-state index contributed by atoms with van der Waals surface area (Å²) in [6.07, 6.45) is 3.60. The molecule has 0 bridgehead atoms. The molecule has 0 spiro atoms. The standard InChI is InChI=1S/C21H21BrN2O2/c1-2-20(25)18(21(26)15-8-10-17(22)11-9-15)14-16-6-3-4-7-19(16)24-13-5-12-23-24/h3-13,18,21,26H,2,14H2,1H3/t18-,21+/m0/s1. The molecule has 0 radical (unpaired) electrons. The molecule has 2 atom stereocenters. The molecule has 0 saturated carbocycles. The van der Waals surface area contributed by atoms with E-state index in [1.54, 1.807) is 10.9 Å². The number of Topliss-reactive ketones (excluding diaryl/α,β-unsaturated/α-hetero) is 1. The maximum Gasteiger partial charge on any atom is 0.138 e. The highest BCUT2D eigenvalue weighted by Gasteiger charge is 2.28. The lowest BCUT2D eigenvalue weighted by Crippen LogP contribution is -2.24. The normalized spacial score (nSPS) is 13.3. The number of halogens is 1. The molecule has 0 unspecified atom stereocenters. The number of hydrogen-bond donors (Lipinski definition) is 1. The minimum atomic E-state index is -0.846. The number of rotatable bonds is 7. The average Bonchev–Trinajstić information content (AvgIpc) is 3.20. The second kappa shape index (κ2) is 8.43. The van der Waals surface area contributed by atoms with E-state index >= 15 is 0 Å². The van der Waals surface area contributed by atoms with Gasteiger partial charge in [0.1, 0.15) is 5.78 Å². The monoisotopic (exact) mass is 412 g/mol. The molecule has 5 heteroatoms. The molecule has 0 aliphatic heterocycles. The zero-order valence-electron chi connectivity index (χ0n) is 14.5. The van der Waals surface area contributed by atoms with E-state index in [4.69, 9.17) is 0 Å². The van der Waals surface area contributed by atoms with Gasteiger partial charge < -0.3 is 5.11 Å². The van der Waals surface area contributed by atoms with Crippen LogP contribution in [0.15, 0.2) is 71.5 Å². The van der Waals surface area contributed by atoms with Gasteiger partial charge in [0, 0.05) is 23.3 Å². The van der Waals surface area contributed by atoms with Crippen LogP contribution >= 0.6 is 15.9 Å². The van der Waals surface area contributed by atoms with Gasteiger partial charge in [0.25, 0.3) is 0 Å². The van der Waals surface area contributed by atoms with Crippen molar-refractivity contribution in [1.29, 1.82) is 0 Å². The van der Waals surface area contributed by atoms with E-state index in [9.17, 15) is 9.90 Å². The van der Waals surface area contributed by atoms with Crippen molar-refractivity contribution in [2.24, 2.45) is 5.92 Å². The Labute approximate surface area is 161 Å². The Hall–Kier alpha value is -2.24. The number of aliphatic hydroxyl groups excluding tert-OH is 1. The topological polar surface area (TPSA) is 55.1 Å². The Morgan fingerprint density at radius 3 is 2.54 bits per heavy atom. The molecule has 0 amide bonds. The summed E-state index contributed by atoms with van der Waals surface area (Å²) in [6.45, 7) is 1.84. The predicted molar refractivity (Wildman–Crippen MR) is 105 cm³/mol. The van der Waals surface area contributed by atoms with Gasteiger partial charge >= 0.3 is 0 Å². The first-order valence-corrected chi connectivity index (χ1v) is 9.43. The molecular formula is C21H21BrN2O2. The molecule has 0 aliphatic carbocycles. The van der Waals surface area contributed by atoms with Crippen molar-refractivity contribution in [2.45, 2.75) is 25.9 Å². The van der Waals surface area contributed by atoms with Crippen LogP contribution in [0.25, 0.3) is 5.69 Å². The summed E-state index contributed by atoms with van der Waals surface area (Å²) < 4.78 is 2.73. The second-order valence-corrected chi connectivity index (χ2v) is 7.12. The van der Waals surface area contributed by atoms with Crippen molar-refractivity contribution >= 4 is 21.7 Å². The fourth-order valence-electron chi connectivity index (χ4n) is 3.11. The maximum absolute atomic E-state index is 12.6. The van der Waals surface area contributed by atoms with Gasteiger partial charge in [0.2, 0.25) is 0 Å². The van der Waals surface area contributed by atoms with E-state index < -0.39 is 12.0 Å². The third kappa shape index (κ3) is 4.11. The Morgan fingerprint density at radius 1 is 1.15 bits per heavy atom. The molecule has 0 saturated heterocycles. The molecule has 1 aromatic heterocycles. The lowest BCUT2D eigenvalue weighted by Gasteiger charge is -2.23. The molecule has 134 valence electrons. The third-order valence-corrected chi connectivity index (χ3v) is 5.07. The van der Waals surface area contributed by atoms with Crippen molar-refractivity contribution in [1.82, 2.24) is 9.78 Å². The summed E-state index contributed by atoms with van der Waals surface area (Å²) in [4.78, 5) is 12.6. The molecule has 26 heavy (non-hydrogen) atoms. The summed E-state index contributed by atoms with van der Waals surface area (Å²) in [6, 6.07) is 17.2. The zero-order chi connectivity index (χ0) is 18.5. The smallest absolute Gasteiger partial charge is 0.138 e. The van der Waals surface area contributed by atoms with E-state index in [0.29, 0.717) is 12.8 Å². The van der Waals surface area contributed by atoms with Crippen LogP contribution in [0.5, 0.6) is 0 Å². The molecule has 1 heterocycles. The molecule has 2 aromatic carbocycles. The summed E-state index contributed by atoms with van der Waals surface area (Å²) in [5.41, 5.74) is 2.66. The number of para-hydroxylation sites is 1. The minimum absolute atomic E-state index is 0.0516. The number of ketones is 1. The van der Waals surface area contributed by atoms with Gasteiger partial charge in [-0.2, -0.15) is 5.10 Å². The highest BCUT2D eigenvalue weighted by molar-refractivity contribution is 9.10. The van der Waals surface area contributed by atoms with Crippen LogP contribution in [-0.4, -0.2) is 20.7 Å². The lowest BCUT2D eigenvalue weighted by atomic mass is 9.85. The van der Waals surface area contributed by atoms with E-state index in [1.807, 2.05) is 67.7 Å². The first kappa shape index (κ1) is 18.5. The van der Waals surface area contributed by atoms with Gasteiger partial charge in [-0.15, -0.1) is 0 Å². The SMILES string of the molecule is CCC(=O)[C@H](Cc1ccccc1-n1cccn1)[C@H](O)c1ccc(Br)cc1. The van der Waals surface area contributed by atoms with E-state index in [2.05, 4.69) is 21.0 Å². The molecular weight excluding hydrogens is 392 g/mol. The van der Waals surface area contributed by atoms with Crippen molar-refractivity contribution in [2.75, 3.05) is 0 Å². The zero-order valence-corrected chi connectivity index (χ0v) is 16.1. The van der Waals surface area contributed by atoms with Gasteiger partial charge in [0.05, 0.1) is 17.7 Å². The van der Waals surface area contributed by atoms with Gasteiger partial charge in [0.15, 0.2) is 0 Å². The first-order chi connectivity index (χ1) is 12.6. The third-order valence-electron chi connectivity index (χ3n) is 4.54. The summed E-state index contributed by atoms with van der Waals surface area (Å²) in [5, 5.41) is 15.2. The molecule has 3 aromatic rings. The first-order valence-electron chi connectivity index (χ1n) is 8.64. The summed E-state index contributed by atoms with van der Waals surface area (Å²) >= 11 is 3.40. The minimum Gasteiger partial charge on any atom is -0.388 e. The highest BCUT2D eigenvalue weighted by Crippen LogP contribution is 2.29. The highest BCUT2D eigenvalue weighted by atomic mass is 79.9. The van der Waals surface area contributed by atoms with Crippen molar-refractivity contribution in [3.8, 4) is 5.69 Å². The Kier molecular flexibility index (Phi) is 6.01. The van der Waals surface area contributed by atoms with Crippen LogP contribution in [0.1, 0.15) is 30.6 Å². The van der Waals surface area contributed by atoms with Crippen LogP contribution in [0.2, 0.25) is 0 Å². The molecule has 0 fully saturated rings.